The Bertz CT molecular complexity index is 1570. The maximum atomic E-state index is 12.7. The number of nitrogens with one attached hydrogen (secondary N) is 1. The second-order valence-corrected chi connectivity index (χ2v) is 10.8. The summed E-state index contributed by atoms with van der Waals surface area (Å²) in [5.74, 6) is 0.284. The molecule has 0 spiro atoms. The van der Waals surface area contributed by atoms with Crippen LogP contribution in [-0.2, 0) is 16.6 Å². The number of benzene rings is 2. The van der Waals surface area contributed by atoms with E-state index in [1.54, 1.807) is 35.9 Å². The number of fused-ring (bicyclic) bond motifs is 1. The molecule has 12 heteroatoms. The monoisotopic (exact) mass is 521 g/mol. The molecule has 37 heavy (non-hydrogen) atoms. The molecule has 4 N–H and O–H groups in total. The van der Waals surface area contributed by atoms with E-state index < -0.39 is 16.1 Å². The van der Waals surface area contributed by atoms with Crippen molar-refractivity contribution in [2.45, 2.75) is 37.2 Å². The van der Waals surface area contributed by atoms with Gasteiger partial charge in [-0.25, -0.2) is 32.6 Å². The van der Waals surface area contributed by atoms with Crippen LogP contribution in [0, 0.1) is 6.92 Å². The van der Waals surface area contributed by atoms with Crippen molar-refractivity contribution in [2.75, 3.05) is 18.8 Å². The number of likely N-dealkylation sites (tertiary alicyclic amines) is 1. The van der Waals surface area contributed by atoms with Gasteiger partial charge in [-0.2, -0.15) is 5.10 Å². The van der Waals surface area contributed by atoms with Crippen molar-refractivity contribution in [2.24, 2.45) is 0 Å². The molecule has 0 aliphatic carbocycles. The molecule has 0 saturated carbocycles. The molecule has 3 heterocycles. The molecule has 1 amide bonds. The summed E-state index contributed by atoms with van der Waals surface area (Å²) in [4.78, 5) is 21.7. The molecule has 11 nitrogen and oxygen atoms in total. The molecule has 1 aliphatic rings. The Labute approximate surface area is 214 Å². The lowest BCUT2D eigenvalue weighted by Crippen LogP contribution is -2.40. The van der Waals surface area contributed by atoms with Crippen LogP contribution in [0.1, 0.15) is 30.0 Å². The van der Waals surface area contributed by atoms with Gasteiger partial charge in [0.2, 0.25) is 10.0 Å². The summed E-state index contributed by atoms with van der Waals surface area (Å²) in [6.07, 6.45) is 1.91. The molecule has 2 aromatic carbocycles. The first-order chi connectivity index (χ1) is 17.7. The highest BCUT2D eigenvalue weighted by Crippen LogP contribution is 2.33. The largest absolute Gasteiger partial charge is 0.465 e. The molecule has 4 aromatic rings. The molecule has 1 atom stereocenters. The Morgan fingerprint density at radius 2 is 1.92 bits per heavy atom. The predicted octanol–water partition coefficient (Wildman–Crippen LogP) is 3.18. The molecule has 192 valence electrons. The maximum Gasteiger partial charge on any atom is 0.407 e. The highest BCUT2D eigenvalue weighted by Gasteiger charge is 2.28. The third-order valence-corrected chi connectivity index (χ3v) is 8.17. The molecule has 1 fully saturated rings. The number of amides is 1. The van der Waals surface area contributed by atoms with Crippen molar-refractivity contribution in [3.63, 3.8) is 0 Å². The van der Waals surface area contributed by atoms with Crippen molar-refractivity contribution in [3.05, 3.63) is 66.0 Å². The van der Waals surface area contributed by atoms with Crippen LogP contribution < -0.4 is 10.5 Å². The number of hydrogen-bond donors (Lipinski definition) is 3. The lowest BCUT2D eigenvalue weighted by molar-refractivity contribution is 0.120. The normalized spacial score (nSPS) is 16.2. The van der Waals surface area contributed by atoms with Gasteiger partial charge in [0, 0.05) is 25.2 Å². The highest BCUT2D eigenvalue weighted by molar-refractivity contribution is 7.89. The molecule has 1 aliphatic heterocycles. The Morgan fingerprint density at radius 3 is 2.65 bits per heavy atom. The average Bonchev–Trinajstić information content (AvgIpc) is 3.29. The molecule has 2 aromatic heterocycles. The van der Waals surface area contributed by atoms with Gasteiger partial charge in [0.25, 0.3) is 0 Å². The minimum Gasteiger partial charge on any atom is -0.465 e. The smallest absolute Gasteiger partial charge is 0.407 e. The van der Waals surface area contributed by atoms with Crippen molar-refractivity contribution >= 4 is 33.0 Å². The van der Waals surface area contributed by atoms with Gasteiger partial charge in [-0.3, -0.25) is 0 Å². The Morgan fingerprint density at radius 1 is 1.16 bits per heavy atom. The number of nitrogen functional groups attached to an aromatic ring is 1. The minimum absolute atomic E-state index is 0.129. The van der Waals surface area contributed by atoms with Crippen LogP contribution in [0.4, 0.5) is 10.6 Å². The predicted molar refractivity (Wildman–Crippen MR) is 138 cm³/mol. The summed E-state index contributed by atoms with van der Waals surface area (Å²) in [5, 5.41) is 14.9. The van der Waals surface area contributed by atoms with E-state index in [-0.39, 0.29) is 23.3 Å². The first-order valence-corrected chi connectivity index (χ1v) is 13.3. The summed E-state index contributed by atoms with van der Waals surface area (Å²) >= 11 is 0. The van der Waals surface area contributed by atoms with Crippen LogP contribution in [0.15, 0.2) is 59.8 Å². The zero-order valence-electron chi connectivity index (χ0n) is 20.2. The van der Waals surface area contributed by atoms with Crippen molar-refractivity contribution in [1.82, 2.24) is 29.4 Å². The molecule has 0 bridgehead atoms. The SMILES string of the molecule is Cc1ccccc1S(=O)(=O)NCc1ccc(-c2nn([C@@H]3CCCN(C(=O)O)C3)c3ncnc(N)c23)cc1. The number of carboxylic acid groups (broad SMARTS) is 1. The lowest BCUT2D eigenvalue weighted by atomic mass is 10.1. The highest BCUT2D eigenvalue weighted by atomic mass is 32.2. The third-order valence-electron chi connectivity index (χ3n) is 6.61. The number of nitrogens with zero attached hydrogens (tertiary/aromatic N) is 5. The Hall–Kier alpha value is -4.03. The van der Waals surface area contributed by atoms with Gasteiger partial charge in [0.1, 0.15) is 17.8 Å². The molecular formula is C25H27N7O4S. The van der Waals surface area contributed by atoms with Gasteiger partial charge in [0.15, 0.2) is 5.65 Å². The second kappa shape index (κ2) is 9.79. The van der Waals surface area contributed by atoms with Gasteiger partial charge in [-0.05, 0) is 37.0 Å². The van der Waals surface area contributed by atoms with Crippen molar-refractivity contribution in [3.8, 4) is 11.3 Å². The average molecular weight is 522 g/mol. The number of sulfonamides is 1. The number of rotatable bonds is 6. The second-order valence-electron chi connectivity index (χ2n) is 9.06. The van der Waals surface area contributed by atoms with E-state index in [9.17, 15) is 18.3 Å². The Kier molecular flexibility index (Phi) is 6.52. The Balaban J connectivity index is 1.42. The molecule has 0 radical (unpaired) electrons. The van der Waals surface area contributed by atoms with E-state index in [0.29, 0.717) is 35.4 Å². The quantitative estimate of drug-likeness (QED) is 0.349. The van der Waals surface area contributed by atoms with E-state index in [0.717, 1.165) is 24.0 Å². The number of piperidine rings is 1. The van der Waals surface area contributed by atoms with E-state index in [2.05, 4.69) is 14.7 Å². The summed E-state index contributed by atoms with van der Waals surface area (Å²) in [7, 11) is -3.65. The number of aryl methyl sites for hydroxylation is 1. The van der Waals surface area contributed by atoms with Crippen molar-refractivity contribution < 1.29 is 18.3 Å². The van der Waals surface area contributed by atoms with Gasteiger partial charge in [0.05, 0.1) is 16.3 Å². The summed E-state index contributed by atoms with van der Waals surface area (Å²) in [5.41, 5.74) is 9.58. The summed E-state index contributed by atoms with van der Waals surface area (Å²) in [6.45, 7) is 2.69. The van der Waals surface area contributed by atoms with Crippen LogP contribution >= 0.6 is 0 Å². The fourth-order valence-corrected chi connectivity index (χ4v) is 5.94. The van der Waals surface area contributed by atoms with Gasteiger partial charge < -0.3 is 15.7 Å². The fourth-order valence-electron chi connectivity index (χ4n) is 4.67. The first-order valence-electron chi connectivity index (χ1n) is 11.9. The first kappa shape index (κ1) is 24.7. The van der Waals surface area contributed by atoms with E-state index in [4.69, 9.17) is 10.8 Å². The number of hydrogen-bond acceptors (Lipinski definition) is 7. The van der Waals surface area contributed by atoms with E-state index in [1.165, 1.54) is 11.2 Å². The number of nitrogens with two attached hydrogens (primary N) is 1. The zero-order valence-corrected chi connectivity index (χ0v) is 21.0. The molecular weight excluding hydrogens is 494 g/mol. The number of aromatic nitrogens is 4. The van der Waals surface area contributed by atoms with Gasteiger partial charge in [-0.1, -0.05) is 42.5 Å². The number of anilines is 1. The molecule has 1 saturated heterocycles. The number of carbonyl (C=O) groups is 1. The molecule has 5 rings (SSSR count). The topological polar surface area (TPSA) is 156 Å². The van der Waals surface area contributed by atoms with Gasteiger partial charge >= 0.3 is 6.09 Å². The van der Waals surface area contributed by atoms with E-state index >= 15 is 0 Å². The standard InChI is InChI=1S/C25H27N7O4S/c1-16-5-2-3-7-20(16)37(35,36)29-13-17-8-10-18(11-9-17)22-21-23(26)27-15-28-24(21)32(30-22)19-6-4-12-31(14-19)25(33)34/h2-3,5,7-11,15,19,29H,4,6,12-14H2,1H3,(H,33,34)(H2,26,27,28)/t19-/m1/s1. The molecule has 0 unspecified atom stereocenters. The fraction of sp³-hybridized carbons (Fsp3) is 0.280. The third kappa shape index (κ3) is 4.85. The lowest BCUT2D eigenvalue weighted by Gasteiger charge is -2.30. The summed E-state index contributed by atoms with van der Waals surface area (Å²) in [6, 6.07) is 14.0. The van der Waals surface area contributed by atoms with Crippen LogP contribution in [0.2, 0.25) is 0 Å². The van der Waals surface area contributed by atoms with Gasteiger partial charge in [-0.15, -0.1) is 0 Å². The van der Waals surface area contributed by atoms with Crippen molar-refractivity contribution in [1.29, 1.82) is 0 Å². The maximum absolute atomic E-state index is 12.7. The zero-order chi connectivity index (χ0) is 26.2. The van der Waals surface area contributed by atoms with E-state index in [1.807, 2.05) is 24.3 Å². The van der Waals surface area contributed by atoms with Crippen LogP contribution in [-0.4, -0.2) is 57.4 Å². The van der Waals surface area contributed by atoms with Crippen LogP contribution in [0.3, 0.4) is 0 Å². The summed E-state index contributed by atoms with van der Waals surface area (Å²) < 4.78 is 29.9. The minimum atomic E-state index is -3.65. The van der Waals surface area contributed by atoms with Crippen LogP contribution in [0.25, 0.3) is 22.3 Å². The van der Waals surface area contributed by atoms with Crippen LogP contribution in [0.5, 0.6) is 0 Å².